The number of carbonyl (C=O) groups is 2. The fraction of sp³-hybridized carbons (Fsp3) is 0.423. The van der Waals surface area contributed by atoms with Crippen molar-refractivity contribution in [1.82, 2.24) is 25.2 Å². The lowest BCUT2D eigenvalue weighted by Gasteiger charge is -2.36. The lowest BCUT2D eigenvalue weighted by atomic mass is 10.0. The van der Waals surface area contributed by atoms with Gasteiger partial charge in [0.05, 0.1) is 36.5 Å². The zero-order valence-electron chi connectivity index (χ0n) is 22.0. The Bertz CT molecular complexity index is 1410. The van der Waals surface area contributed by atoms with E-state index in [0.29, 0.717) is 40.7 Å². The Morgan fingerprint density at radius 2 is 1.98 bits per heavy atom. The molecule has 0 aliphatic carbocycles. The first-order valence-corrected chi connectivity index (χ1v) is 13.4. The third-order valence-electron chi connectivity index (χ3n) is 6.62. The highest BCUT2D eigenvalue weighted by Gasteiger charge is 2.35. The number of halogens is 3. The topological polar surface area (TPSA) is 110 Å². The molecule has 0 radical (unpaired) electrons. The number of hydrogen-bond acceptors (Lipinski definition) is 9. The molecule has 40 heavy (non-hydrogen) atoms. The summed E-state index contributed by atoms with van der Waals surface area (Å²) < 4.78 is 50.3. The molecule has 1 N–H and O–H groups in total. The summed E-state index contributed by atoms with van der Waals surface area (Å²) in [5.74, 6) is -1.58. The highest BCUT2D eigenvalue weighted by atomic mass is 32.1. The summed E-state index contributed by atoms with van der Waals surface area (Å²) in [4.78, 5) is 42.3. The number of anilines is 1. The van der Waals surface area contributed by atoms with Crippen LogP contribution in [0, 0.1) is 6.92 Å². The Morgan fingerprint density at radius 1 is 1.23 bits per heavy atom. The van der Waals surface area contributed by atoms with Gasteiger partial charge in [-0.25, -0.2) is 15.0 Å². The number of aryl methyl sites for hydroxylation is 1. The van der Waals surface area contributed by atoms with Gasteiger partial charge in [0.2, 0.25) is 5.82 Å². The minimum Gasteiger partial charge on any atom is -0.481 e. The van der Waals surface area contributed by atoms with Gasteiger partial charge in [-0.3, -0.25) is 9.59 Å². The van der Waals surface area contributed by atoms with E-state index in [1.54, 1.807) is 30.2 Å². The molecule has 1 aromatic carbocycles. The van der Waals surface area contributed by atoms with Crippen LogP contribution < -0.4 is 15.0 Å². The van der Waals surface area contributed by atoms with E-state index < -0.39 is 23.9 Å². The maximum atomic E-state index is 13.4. The number of aromatic nitrogens is 3. The van der Waals surface area contributed by atoms with Crippen molar-refractivity contribution >= 4 is 28.8 Å². The van der Waals surface area contributed by atoms with E-state index >= 15 is 0 Å². The summed E-state index contributed by atoms with van der Waals surface area (Å²) in [6, 6.07) is 2.52. The van der Waals surface area contributed by atoms with E-state index in [4.69, 9.17) is 9.47 Å². The zero-order valence-corrected chi connectivity index (χ0v) is 22.8. The van der Waals surface area contributed by atoms with E-state index in [9.17, 15) is 22.8 Å². The summed E-state index contributed by atoms with van der Waals surface area (Å²) in [5, 5.41) is 3.40. The number of nitrogens with zero attached hydrogens (tertiary/aromatic N) is 5. The quantitative estimate of drug-likeness (QED) is 0.475. The molecule has 0 spiro atoms. The smallest absolute Gasteiger partial charge is 0.451 e. The Hall–Kier alpha value is -3.62. The van der Waals surface area contributed by atoms with Gasteiger partial charge in [0.1, 0.15) is 5.01 Å². The fourth-order valence-corrected chi connectivity index (χ4v) is 5.31. The van der Waals surface area contributed by atoms with Gasteiger partial charge in [0.25, 0.3) is 11.8 Å². The van der Waals surface area contributed by atoms with Crippen molar-refractivity contribution in [2.45, 2.75) is 32.2 Å². The van der Waals surface area contributed by atoms with Crippen LogP contribution in [0.1, 0.15) is 39.6 Å². The predicted octanol–water partition coefficient (Wildman–Crippen LogP) is 3.47. The van der Waals surface area contributed by atoms with Crippen LogP contribution in [0.5, 0.6) is 5.75 Å². The highest BCUT2D eigenvalue weighted by molar-refractivity contribution is 7.15. The molecule has 14 heteroatoms. The molecule has 5 rings (SSSR count). The number of rotatable bonds is 6. The van der Waals surface area contributed by atoms with Gasteiger partial charge in [-0.1, -0.05) is 0 Å². The second-order valence-electron chi connectivity index (χ2n) is 9.73. The number of fused-ring (bicyclic) bond motifs is 1. The van der Waals surface area contributed by atoms with Gasteiger partial charge < -0.3 is 24.6 Å². The molecule has 10 nitrogen and oxygen atoms in total. The molecule has 3 aromatic rings. The van der Waals surface area contributed by atoms with Crippen molar-refractivity contribution in [2.24, 2.45) is 0 Å². The van der Waals surface area contributed by atoms with Gasteiger partial charge in [-0.05, 0) is 33.0 Å². The third kappa shape index (κ3) is 5.93. The number of morpholine rings is 1. The van der Waals surface area contributed by atoms with Crippen LogP contribution in [0.15, 0.2) is 30.7 Å². The maximum absolute atomic E-state index is 13.4. The minimum atomic E-state index is -4.66. The minimum absolute atomic E-state index is 0.163. The number of amides is 2. The van der Waals surface area contributed by atoms with Crippen LogP contribution in [-0.4, -0.2) is 77.7 Å². The number of ether oxygens (including phenoxy) is 2. The van der Waals surface area contributed by atoms with Crippen molar-refractivity contribution < 1.29 is 32.2 Å². The predicted molar refractivity (Wildman–Crippen MR) is 140 cm³/mol. The Morgan fingerprint density at radius 3 is 2.62 bits per heavy atom. The summed E-state index contributed by atoms with van der Waals surface area (Å²) >= 11 is 1.42. The molecule has 2 aliphatic rings. The van der Waals surface area contributed by atoms with Gasteiger partial charge in [0, 0.05) is 47.7 Å². The summed E-state index contributed by atoms with van der Waals surface area (Å²) in [7, 11) is 1.98. The van der Waals surface area contributed by atoms with Crippen molar-refractivity contribution in [3.63, 3.8) is 0 Å². The molecule has 0 saturated carbocycles. The number of nitrogens with one attached hydrogen (secondary N) is 1. The van der Waals surface area contributed by atoms with Crippen LogP contribution in [0.4, 0.5) is 18.9 Å². The molecule has 212 valence electrons. The first-order chi connectivity index (χ1) is 19.0. The SMILES string of the molecule is Cc1cnc(-c2cc(C(=O)NC(C)c3cnc(C(F)(F)F)nc3)cc3c2OCC(=O)N3CC2CN(C)CCO2)s1. The molecule has 2 atom stereocenters. The van der Waals surface area contributed by atoms with E-state index in [2.05, 4.69) is 25.2 Å². The van der Waals surface area contributed by atoms with E-state index in [0.717, 1.165) is 23.8 Å². The Labute approximate surface area is 232 Å². The van der Waals surface area contributed by atoms with Crippen molar-refractivity contribution in [3.8, 4) is 16.3 Å². The van der Waals surface area contributed by atoms with E-state index in [1.165, 1.54) is 11.3 Å². The Balaban J connectivity index is 1.47. The Kier molecular flexibility index (Phi) is 7.75. The normalized spacial score (nSPS) is 18.7. The molecule has 2 aromatic heterocycles. The van der Waals surface area contributed by atoms with Gasteiger partial charge in [-0.2, -0.15) is 13.2 Å². The van der Waals surface area contributed by atoms with E-state index in [1.807, 2.05) is 14.0 Å². The monoisotopic (exact) mass is 576 g/mol. The number of carbonyl (C=O) groups excluding carboxylic acids is 2. The average molecular weight is 577 g/mol. The van der Waals surface area contributed by atoms with Crippen molar-refractivity contribution in [2.75, 3.05) is 44.8 Å². The molecular weight excluding hydrogens is 549 g/mol. The first kappa shape index (κ1) is 27.9. The molecule has 2 unspecified atom stereocenters. The lowest BCUT2D eigenvalue weighted by molar-refractivity contribution is -0.145. The lowest BCUT2D eigenvalue weighted by Crippen LogP contribution is -2.49. The maximum Gasteiger partial charge on any atom is 0.451 e. The van der Waals surface area contributed by atoms with Crippen LogP contribution in [0.25, 0.3) is 10.6 Å². The van der Waals surface area contributed by atoms with E-state index in [-0.39, 0.29) is 30.7 Å². The number of alkyl halides is 3. The van der Waals surface area contributed by atoms with Crippen LogP contribution in [0.2, 0.25) is 0 Å². The number of hydrogen-bond donors (Lipinski definition) is 1. The first-order valence-electron chi connectivity index (χ1n) is 12.5. The van der Waals surface area contributed by atoms with Gasteiger partial charge in [0.15, 0.2) is 12.4 Å². The summed E-state index contributed by atoms with van der Waals surface area (Å²) in [5.41, 5.74) is 1.51. The number of thiazole rings is 1. The van der Waals surface area contributed by atoms with Crippen molar-refractivity contribution in [1.29, 1.82) is 0 Å². The molecule has 2 aliphatic heterocycles. The van der Waals surface area contributed by atoms with Crippen LogP contribution in [0.3, 0.4) is 0 Å². The molecular formula is C26H27F3N6O4S. The average Bonchev–Trinajstić information content (AvgIpc) is 3.35. The summed E-state index contributed by atoms with van der Waals surface area (Å²) in [6.45, 7) is 5.62. The zero-order chi connectivity index (χ0) is 28.6. The second-order valence-corrected chi connectivity index (χ2v) is 11.0. The fourth-order valence-electron chi connectivity index (χ4n) is 4.53. The second kappa shape index (κ2) is 11.1. The highest BCUT2D eigenvalue weighted by Crippen LogP contribution is 2.43. The standard InChI is InChI=1S/C26H27F3N6O4S/c1-14-8-30-24(40-14)19-6-16(23(37)33-15(2)17-9-31-25(32-10-17)26(27,28)29)7-20-22(19)39-13-21(36)35(20)12-18-11-34(3)4-5-38-18/h6-10,15,18H,4-5,11-13H2,1-3H3,(H,33,37). The number of benzene rings is 1. The summed E-state index contributed by atoms with van der Waals surface area (Å²) in [6.07, 6.45) is -1.11. The van der Waals surface area contributed by atoms with Gasteiger partial charge >= 0.3 is 6.18 Å². The van der Waals surface area contributed by atoms with Crippen LogP contribution in [-0.2, 0) is 15.7 Å². The van der Waals surface area contributed by atoms with Gasteiger partial charge in [-0.15, -0.1) is 11.3 Å². The molecule has 1 saturated heterocycles. The van der Waals surface area contributed by atoms with Crippen LogP contribution >= 0.6 is 11.3 Å². The molecule has 4 heterocycles. The third-order valence-corrected chi connectivity index (χ3v) is 7.56. The molecule has 0 bridgehead atoms. The molecule has 2 amide bonds. The van der Waals surface area contributed by atoms with Crippen molar-refractivity contribution in [3.05, 3.63) is 52.6 Å². The largest absolute Gasteiger partial charge is 0.481 e. The molecule has 1 fully saturated rings. The number of likely N-dealkylation sites (N-methyl/N-ethyl adjacent to an activating group) is 1.